The molecule has 0 atom stereocenters. The third-order valence-corrected chi connectivity index (χ3v) is 5.03. The van der Waals surface area contributed by atoms with E-state index >= 15 is 0 Å². The van der Waals surface area contributed by atoms with Crippen molar-refractivity contribution in [2.24, 2.45) is 5.92 Å². The molecule has 8 heteroatoms. The highest BCUT2D eigenvalue weighted by atomic mass is 16.5. The second-order valence-corrected chi connectivity index (χ2v) is 7.15. The van der Waals surface area contributed by atoms with E-state index in [1.807, 2.05) is 0 Å². The molecule has 152 valence electrons. The van der Waals surface area contributed by atoms with E-state index in [1.165, 1.54) is 14.2 Å². The van der Waals surface area contributed by atoms with Gasteiger partial charge in [-0.1, -0.05) is 0 Å². The number of amides is 3. The Morgan fingerprint density at radius 2 is 1.54 bits per heavy atom. The number of carbonyl (C=O) groups is 3. The van der Waals surface area contributed by atoms with E-state index in [-0.39, 0.29) is 36.5 Å². The fraction of sp³-hybridized carbons (Fsp3) is 0.550. The van der Waals surface area contributed by atoms with Crippen LogP contribution in [0.5, 0.6) is 11.5 Å². The number of rotatable bonds is 8. The Morgan fingerprint density at radius 1 is 0.964 bits per heavy atom. The van der Waals surface area contributed by atoms with E-state index in [9.17, 15) is 14.4 Å². The molecule has 2 N–H and O–H groups in total. The SMILES string of the molecule is COc1cc(NC(=O)C2CC2)c(OC)cc1NC(=O)CCC(=O)N1CCCC1. The molecule has 3 amide bonds. The van der Waals surface area contributed by atoms with Gasteiger partial charge in [-0.3, -0.25) is 14.4 Å². The van der Waals surface area contributed by atoms with Gasteiger partial charge in [-0.25, -0.2) is 0 Å². The van der Waals surface area contributed by atoms with Gasteiger partial charge in [-0.2, -0.15) is 0 Å². The maximum absolute atomic E-state index is 12.3. The molecule has 0 unspecified atom stereocenters. The summed E-state index contributed by atoms with van der Waals surface area (Å²) in [5.74, 6) is 0.586. The van der Waals surface area contributed by atoms with Crippen LogP contribution in [0.4, 0.5) is 11.4 Å². The Hall–Kier alpha value is -2.77. The molecule has 0 bridgehead atoms. The monoisotopic (exact) mass is 389 g/mol. The number of carbonyl (C=O) groups excluding carboxylic acids is 3. The first-order valence-electron chi connectivity index (χ1n) is 9.66. The normalized spacial score (nSPS) is 15.9. The number of hydrogen-bond acceptors (Lipinski definition) is 5. The van der Waals surface area contributed by atoms with E-state index in [0.717, 1.165) is 38.8 Å². The molecule has 1 saturated carbocycles. The van der Waals surface area contributed by atoms with Gasteiger partial charge in [0.15, 0.2) is 0 Å². The van der Waals surface area contributed by atoms with Crippen molar-refractivity contribution in [3.63, 3.8) is 0 Å². The third kappa shape index (κ3) is 4.94. The van der Waals surface area contributed by atoms with Crippen LogP contribution < -0.4 is 20.1 Å². The van der Waals surface area contributed by atoms with Gasteiger partial charge in [0.25, 0.3) is 0 Å². The van der Waals surface area contributed by atoms with Crippen molar-refractivity contribution in [1.29, 1.82) is 0 Å². The fourth-order valence-corrected chi connectivity index (χ4v) is 3.23. The van der Waals surface area contributed by atoms with Crippen LogP contribution >= 0.6 is 0 Å². The number of likely N-dealkylation sites (tertiary alicyclic amines) is 1. The second kappa shape index (κ2) is 8.95. The zero-order valence-corrected chi connectivity index (χ0v) is 16.4. The van der Waals surface area contributed by atoms with Crippen LogP contribution in [0.1, 0.15) is 38.5 Å². The van der Waals surface area contributed by atoms with Crippen molar-refractivity contribution in [3.05, 3.63) is 12.1 Å². The fourth-order valence-electron chi connectivity index (χ4n) is 3.23. The minimum atomic E-state index is -0.275. The number of methoxy groups -OCH3 is 2. The molecule has 8 nitrogen and oxygen atoms in total. The van der Waals surface area contributed by atoms with E-state index in [1.54, 1.807) is 17.0 Å². The Balaban J connectivity index is 1.63. The van der Waals surface area contributed by atoms with Crippen molar-refractivity contribution in [3.8, 4) is 11.5 Å². The predicted octanol–water partition coefficient (Wildman–Crippen LogP) is 2.39. The maximum atomic E-state index is 12.3. The van der Waals surface area contributed by atoms with Gasteiger partial charge < -0.3 is 25.0 Å². The van der Waals surface area contributed by atoms with Gasteiger partial charge in [-0.15, -0.1) is 0 Å². The smallest absolute Gasteiger partial charge is 0.227 e. The van der Waals surface area contributed by atoms with Crippen LogP contribution in [0.2, 0.25) is 0 Å². The minimum Gasteiger partial charge on any atom is -0.494 e. The van der Waals surface area contributed by atoms with Crippen molar-refractivity contribution in [2.45, 2.75) is 38.5 Å². The molecule has 1 saturated heterocycles. The summed E-state index contributed by atoms with van der Waals surface area (Å²) in [7, 11) is 2.98. The number of hydrogen-bond donors (Lipinski definition) is 2. The summed E-state index contributed by atoms with van der Waals surface area (Å²) in [5.41, 5.74) is 0.931. The lowest BCUT2D eigenvalue weighted by atomic mass is 10.2. The topological polar surface area (TPSA) is 97.0 Å². The van der Waals surface area contributed by atoms with Crippen molar-refractivity contribution in [1.82, 2.24) is 4.90 Å². The third-order valence-electron chi connectivity index (χ3n) is 5.03. The van der Waals surface area contributed by atoms with Gasteiger partial charge >= 0.3 is 0 Å². The summed E-state index contributed by atoms with van der Waals surface area (Å²) < 4.78 is 10.7. The molecule has 0 radical (unpaired) electrons. The number of nitrogens with one attached hydrogen (secondary N) is 2. The summed E-state index contributed by atoms with van der Waals surface area (Å²) in [6.07, 6.45) is 4.13. The number of ether oxygens (including phenoxy) is 2. The van der Waals surface area contributed by atoms with E-state index in [0.29, 0.717) is 22.9 Å². The molecule has 0 spiro atoms. The van der Waals surface area contributed by atoms with E-state index < -0.39 is 0 Å². The average molecular weight is 389 g/mol. The van der Waals surface area contributed by atoms with Crippen LogP contribution in [-0.2, 0) is 14.4 Å². The molecule has 1 aromatic carbocycles. The standard InChI is InChI=1S/C20H27N3O5/c1-27-16-12-15(22-20(26)13-5-6-13)17(28-2)11-14(16)21-18(24)7-8-19(25)23-9-3-4-10-23/h11-13H,3-10H2,1-2H3,(H,21,24)(H,22,26). The molecule has 1 aliphatic carbocycles. The lowest BCUT2D eigenvalue weighted by Crippen LogP contribution is -2.28. The molecule has 2 fully saturated rings. The summed E-state index contributed by atoms with van der Waals surface area (Å²) in [6.45, 7) is 1.55. The minimum absolute atomic E-state index is 0.00957. The molecular formula is C20H27N3O5. The van der Waals surface area contributed by atoms with Crippen molar-refractivity contribution in [2.75, 3.05) is 37.9 Å². The Morgan fingerprint density at radius 3 is 2.07 bits per heavy atom. The molecule has 0 aromatic heterocycles. The lowest BCUT2D eigenvalue weighted by molar-refractivity contribution is -0.131. The lowest BCUT2D eigenvalue weighted by Gasteiger charge is -2.17. The van der Waals surface area contributed by atoms with Gasteiger partial charge in [-0.05, 0) is 25.7 Å². The predicted molar refractivity (Wildman–Crippen MR) is 105 cm³/mol. The second-order valence-electron chi connectivity index (χ2n) is 7.15. The molecule has 1 aliphatic heterocycles. The van der Waals surface area contributed by atoms with Crippen molar-refractivity contribution >= 4 is 29.1 Å². The zero-order valence-electron chi connectivity index (χ0n) is 16.4. The summed E-state index contributed by atoms with van der Waals surface area (Å²) >= 11 is 0. The first-order chi connectivity index (χ1) is 13.5. The number of nitrogens with zero attached hydrogens (tertiary/aromatic N) is 1. The molecule has 28 heavy (non-hydrogen) atoms. The highest BCUT2D eigenvalue weighted by Gasteiger charge is 2.30. The van der Waals surface area contributed by atoms with Gasteiger partial charge in [0.2, 0.25) is 17.7 Å². The van der Waals surface area contributed by atoms with E-state index in [4.69, 9.17) is 9.47 Å². The maximum Gasteiger partial charge on any atom is 0.227 e. The largest absolute Gasteiger partial charge is 0.494 e. The Kier molecular flexibility index (Phi) is 6.38. The molecule has 1 heterocycles. The van der Waals surface area contributed by atoms with Gasteiger partial charge in [0.05, 0.1) is 25.6 Å². The Labute approximate surface area is 164 Å². The molecule has 1 aromatic rings. The first kappa shape index (κ1) is 20.0. The quantitative estimate of drug-likeness (QED) is 0.712. The first-order valence-corrected chi connectivity index (χ1v) is 9.66. The highest BCUT2D eigenvalue weighted by Crippen LogP contribution is 2.38. The molecule has 2 aliphatic rings. The molecule has 3 rings (SSSR count). The van der Waals surface area contributed by atoms with Gasteiger partial charge in [0.1, 0.15) is 11.5 Å². The van der Waals surface area contributed by atoms with Gasteiger partial charge in [0, 0.05) is 44.0 Å². The molecular weight excluding hydrogens is 362 g/mol. The van der Waals surface area contributed by atoms with Crippen LogP contribution in [0, 0.1) is 5.92 Å². The summed E-state index contributed by atoms with van der Waals surface area (Å²) in [4.78, 5) is 38.3. The number of benzene rings is 1. The zero-order chi connectivity index (χ0) is 20.1. The average Bonchev–Trinajstić information content (AvgIpc) is 3.41. The number of anilines is 2. The summed E-state index contributed by atoms with van der Waals surface area (Å²) in [6, 6.07) is 3.24. The van der Waals surface area contributed by atoms with Crippen LogP contribution in [-0.4, -0.2) is 49.9 Å². The summed E-state index contributed by atoms with van der Waals surface area (Å²) in [5, 5.41) is 5.61. The van der Waals surface area contributed by atoms with Crippen molar-refractivity contribution < 1.29 is 23.9 Å². The highest BCUT2D eigenvalue weighted by molar-refractivity contribution is 5.98. The van der Waals surface area contributed by atoms with Crippen LogP contribution in [0.3, 0.4) is 0 Å². The van der Waals surface area contributed by atoms with Crippen LogP contribution in [0.25, 0.3) is 0 Å². The Bertz CT molecular complexity index is 754. The van der Waals surface area contributed by atoms with Crippen LogP contribution in [0.15, 0.2) is 12.1 Å². The van der Waals surface area contributed by atoms with E-state index in [2.05, 4.69) is 10.6 Å².